The van der Waals surface area contributed by atoms with Crippen molar-refractivity contribution in [3.8, 4) is 5.69 Å². The van der Waals surface area contributed by atoms with Crippen LogP contribution in [0.15, 0.2) is 30.5 Å². The van der Waals surface area contributed by atoms with E-state index in [4.69, 9.17) is 0 Å². The van der Waals surface area contributed by atoms with Gasteiger partial charge in [0.25, 0.3) is 5.69 Å². The maximum atomic E-state index is 13.5. The molecule has 1 heterocycles. The van der Waals surface area contributed by atoms with Crippen molar-refractivity contribution in [2.45, 2.75) is 6.92 Å². The van der Waals surface area contributed by atoms with Crippen LogP contribution in [-0.2, 0) is 0 Å². The topological polar surface area (TPSA) is 61.0 Å². The molecule has 0 bridgehead atoms. The summed E-state index contributed by atoms with van der Waals surface area (Å²) in [7, 11) is 0. The number of aryl methyl sites for hydroxylation is 1. The lowest BCUT2D eigenvalue weighted by molar-refractivity contribution is -0.385. The third-order valence-electron chi connectivity index (χ3n) is 2.11. The summed E-state index contributed by atoms with van der Waals surface area (Å²) in [5.74, 6) is -0.669. The Kier molecular flexibility index (Phi) is 2.40. The van der Waals surface area contributed by atoms with Gasteiger partial charge in [0.05, 0.1) is 16.7 Å². The molecule has 1 aromatic carbocycles. The number of benzene rings is 1. The van der Waals surface area contributed by atoms with E-state index in [2.05, 4.69) is 5.10 Å². The summed E-state index contributed by atoms with van der Waals surface area (Å²) in [5, 5.41) is 14.4. The molecule has 1 aromatic heterocycles. The molecule has 0 fully saturated rings. The summed E-state index contributed by atoms with van der Waals surface area (Å²) in [4.78, 5) is 9.78. The van der Waals surface area contributed by atoms with E-state index in [-0.39, 0.29) is 11.4 Å². The van der Waals surface area contributed by atoms with Gasteiger partial charge in [-0.2, -0.15) is 5.10 Å². The average Bonchev–Trinajstić information content (AvgIpc) is 2.64. The molecule has 0 spiro atoms. The summed E-state index contributed by atoms with van der Waals surface area (Å²) in [5.41, 5.74) is 0.668. The number of rotatable bonds is 2. The normalized spacial score (nSPS) is 10.4. The van der Waals surface area contributed by atoms with Crippen molar-refractivity contribution >= 4 is 5.69 Å². The molecule has 5 nitrogen and oxygen atoms in total. The fourth-order valence-electron chi connectivity index (χ4n) is 1.34. The lowest BCUT2D eigenvalue weighted by Gasteiger charge is -2.02. The number of aromatic nitrogens is 2. The number of hydrogen-bond donors (Lipinski definition) is 0. The second kappa shape index (κ2) is 3.73. The van der Waals surface area contributed by atoms with Crippen molar-refractivity contribution in [1.29, 1.82) is 0 Å². The highest BCUT2D eigenvalue weighted by Gasteiger charge is 2.12. The quantitative estimate of drug-likeness (QED) is 0.577. The van der Waals surface area contributed by atoms with Crippen molar-refractivity contribution in [2.75, 3.05) is 0 Å². The maximum absolute atomic E-state index is 13.5. The van der Waals surface area contributed by atoms with Gasteiger partial charge < -0.3 is 0 Å². The SMILES string of the molecule is Cc1ccn(-c2ccc([N+](=O)[O-])cc2F)n1. The van der Waals surface area contributed by atoms with E-state index in [0.29, 0.717) is 0 Å². The Morgan fingerprint density at radius 2 is 2.19 bits per heavy atom. The van der Waals surface area contributed by atoms with Crippen LogP contribution >= 0.6 is 0 Å². The van der Waals surface area contributed by atoms with Crippen molar-refractivity contribution in [2.24, 2.45) is 0 Å². The summed E-state index contributed by atoms with van der Waals surface area (Å²) >= 11 is 0. The lowest BCUT2D eigenvalue weighted by Crippen LogP contribution is -1.99. The van der Waals surface area contributed by atoms with Crippen LogP contribution in [0.4, 0.5) is 10.1 Å². The highest BCUT2D eigenvalue weighted by Crippen LogP contribution is 2.19. The lowest BCUT2D eigenvalue weighted by atomic mass is 10.3. The number of halogens is 1. The van der Waals surface area contributed by atoms with Crippen LogP contribution in [-0.4, -0.2) is 14.7 Å². The monoisotopic (exact) mass is 221 g/mol. The van der Waals surface area contributed by atoms with E-state index >= 15 is 0 Å². The van der Waals surface area contributed by atoms with Gasteiger partial charge in [0.2, 0.25) is 0 Å². The largest absolute Gasteiger partial charge is 0.272 e. The molecule has 0 N–H and O–H groups in total. The van der Waals surface area contributed by atoms with Gasteiger partial charge in [0, 0.05) is 12.3 Å². The Bertz CT molecular complexity index is 551. The zero-order valence-electron chi connectivity index (χ0n) is 8.42. The number of nitrogens with zero attached hydrogens (tertiary/aromatic N) is 3. The molecule has 0 aliphatic carbocycles. The predicted octanol–water partition coefficient (Wildman–Crippen LogP) is 2.23. The maximum Gasteiger partial charge on any atom is 0.272 e. The Morgan fingerprint density at radius 1 is 1.44 bits per heavy atom. The zero-order chi connectivity index (χ0) is 11.7. The van der Waals surface area contributed by atoms with Crippen LogP contribution in [0.5, 0.6) is 0 Å². The third-order valence-corrected chi connectivity index (χ3v) is 2.11. The minimum Gasteiger partial charge on any atom is -0.258 e. The Balaban J connectivity index is 2.47. The van der Waals surface area contributed by atoms with Crippen LogP contribution in [0.1, 0.15) is 5.69 Å². The number of hydrogen-bond acceptors (Lipinski definition) is 3. The highest BCUT2D eigenvalue weighted by molar-refractivity contribution is 5.41. The molecule has 0 saturated heterocycles. The molecule has 0 aliphatic heterocycles. The molecular formula is C10H8FN3O2. The summed E-state index contributed by atoms with van der Waals surface area (Å²) < 4.78 is 14.9. The number of nitro benzene ring substituents is 1. The average molecular weight is 221 g/mol. The van der Waals surface area contributed by atoms with Gasteiger partial charge in [-0.15, -0.1) is 0 Å². The van der Waals surface area contributed by atoms with Crippen molar-refractivity contribution in [3.05, 3.63) is 52.1 Å². The van der Waals surface area contributed by atoms with Gasteiger partial charge in [-0.1, -0.05) is 0 Å². The summed E-state index contributed by atoms with van der Waals surface area (Å²) in [6.07, 6.45) is 1.60. The first-order valence-corrected chi connectivity index (χ1v) is 4.54. The van der Waals surface area contributed by atoms with Gasteiger partial charge in [-0.05, 0) is 19.1 Å². The second-order valence-corrected chi connectivity index (χ2v) is 3.29. The van der Waals surface area contributed by atoms with Gasteiger partial charge in [-0.25, -0.2) is 9.07 Å². The minimum absolute atomic E-state index is 0.193. The van der Waals surface area contributed by atoms with Gasteiger partial charge in [0.15, 0.2) is 5.82 Å². The molecule has 6 heteroatoms. The van der Waals surface area contributed by atoms with Gasteiger partial charge >= 0.3 is 0 Å². The molecule has 2 aromatic rings. The first-order valence-electron chi connectivity index (χ1n) is 4.54. The van der Waals surface area contributed by atoms with Crippen LogP contribution in [0, 0.1) is 22.9 Å². The molecule has 0 saturated carbocycles. The standard InChI is InChI=1S/C10H8FN3O2/c1-7-4-5-13(12-7)10-3-2-8(14(15)16)6-9(10)11/h2-6H,1H3. The van der Waals surface area contributed by atoms with Crippen molar-refractivity contribution < 1.29 is 9.31 Å². The van der Waals surface area contributed by atoms with E-state index in [1.54, 1.807) is 19.2 Å². The fourth-order valence-corrected chi connectivity index (χ4v) is 1.34. The van der Waals surface area contributed by atoms with Crippen molar-refractivity contribution in [3.63, 3.8) is 0 Å². The number of non-ortho nitro benzene ring substituents is 1. The van der Waals surface area contributed by atoms with E-state index < -0.39 is 10.7 Å². The van der Waals surface area contributed by atoms with Crippen molar-refractivity contribution in [1.82, 2.24) is 9.78 Å². The summed E-state index contributed by atoms with van der Waals surface area (Å²) in [6.45, 7) is 1.78. The summed E-state index contributed by atoms with van der Waals surface area (Å²) in [6, 6.07) is 5.18. The molecule has 0 atom stereocenters. The third kappa shape index (κ3) is 1.77. The minimum atomic E-state index is -0.669. The van der Waals surface area contributed by atoms with E-state index in [9.17, 15) is 14.5 Å². The first kappa shape index (κ1) is 10.3. The smallest absolute Gasteiger partial charge is 0.258 e. The predicted molar refractivity (Wildman–Crippen MR) is 54.9 cm³/mol. The van der Waals surface area contributed by atoms with Crippen LogP contribution in [0.3, 0.4) is 0 Å². The molecular weight excluding hydrogens is 213 g/mol. The number of nitro groups is 1. The molecule has 2 rings (SSSR count). The van der Waals surface area contributed by atoms with E-state index in [1.807, 2.05) is 0 Å². The molecule has 16 heavy (non-hydrogen) atoms. The van der Waals surface area contributed by atoms with E-state index in [0.717, 1.165) is 11.8 Å². The van der Waals surface area contributed by atoms with Gasteiger partial charge in [0.1, 0.15) is 5.69 Å². The van der Waals surface area contributed by atoms with Crippen LogP contribution < -0.4 is 0 Å². The Morgan fingerprint density at radius 3 is 2.69 bits per heavy atom. The van der Waals surface area contributed by atoms with Gasteiger partial charge in [-0.3, -0.25) is 10.1 Å². The molecule has 0 unspecified atom stereocenters. The van der Waals surface area contributed by atoms with E-state index in [1.165, 1.54) is 16.8 Å². The Labute approximate surface area is 90.3 Å². The molecule has 0 radical (unpaired) electrons. The molecule has 0 amide bonds. The second-order valence-electron chi connectivity index (χ2n) is 3.29. The zero-order valence-corrected chi connectivity index (χ0v) is 8.42. The fraction of sp³-hybridized carbons (Fsp3) is 0.100. The van der Waals surface area contributed by atoms with Crippen LogP contribution in [0.2, 0.25) is 0 Å². The molecule has 0 aliphatic rings. The first-order chi connectivity index (χ1) is 7.58. The highest BCUT2D eigenvalue weighted by atomic mass is 19.1. The van der Waals surface area contributed by atoms with Crippen LogP contribution in [0.25, 0.3) is 5.69 Å². The Hall–Kier alpha value is -2.24. The molecule has 82 valence electrons.